The van der Waals surface area contributed by atoms with Gasteiger partial charge in [-0.15, -0.1) is 0 Å². The molecule has 2 aliphatic rings. The zero-order chi connectivity index (χ0) is 15.2. The van der Waals surface area contributed by atoms with Crippen LogP contribution in [0.1, 0.15) is 24.5 Å². The van der Waals surface area contributed by atoms with Crippen LogP contribution in [-0.2, 0) is 17.8 Å². The first-order chi connectivity index (χ1) is 10.8. The number of hydrogen-bond acceptors (Lipinski definition) is 5. The third kappa shape index (κ3) is 4.45. The minimum atomic E-state index is 0.342. The van der Waals surface area contributed by atoms with Crippen molar-refractivity contribution < 1.29 is 4.74 Å². The molecule has 1 aromatic carbocycles. The largest absolute Gasteiger partial charge is 0.376 e. The second-order valence-electron chi connectivity index (χ2n) is 6.10. The first-order valence-electron chi connectivity index (χ1n) is 8.23. The molecule has 0 spiro atoms. The molecule has 2 aliphatic heterocycles. The fourth-order valence-corrected chi connectivity index (χ4v) is 2.97. The van der Waals surface area contributed by atoms with Gasteiger partial charge in [0.05, 0.1) is 12.7 Å². The van der Waals surface area contributed by atoms with Gasteiger partial charge in [-0.05, 0) is 24.5 Å². The Morgan fingerprint density at radius 1 is 1.41 bits per heavy atom. The highest BCUT2D eigenvalue weighted by Crippen LogP contribution is 2.12. The Kier molecular flexibility index (Phi) is 5.29. The zero-order valence-corrected chi connectivity index (χ0v) is 13.3. The second kappa shape index (κ2) is 7.61. The molecular weight excluding hydrogens is 276 g/mol. The topological polar surface area (TPSA) is 48.9 Å². The van der Waals surface area contributed by atoms with E-state index >= 15 is 0 Å². The summed E-state index contributed by atoms with van der Waals surface area (Å²) in [5, 5.41) is 6.67. The Labute approximate surface area is 132 Å². The van der Waals surface area contributed by atoms with E-state index in [0.29, 0.717) is 6.10 Å². The molecule has 0 amide bonds. The molecule has 0 saturated carbocycles. The monoisotopic (exact) mass is 302 g/mol. The summed E-state index contributed by atoms with van der Waals surface area (Å²) in [5.41, 5.74) is 2.67. The fraction of sp³-hybridized carbons (Fsp3) is 0.588. The number of morpholine rings is 1. The molecule has 5 heteroatoms. The number of aliphatic imine (C=N–C) groups is 1. The summed E-state index contributed by atoms with van der Waals surface area (Å²) in [6.07, 6.45) is 1.47. The smallest absolute Gasteiger partial charge is 0.191 e. The van der Waals surface area contributed by atoms with Gasteiger partial charge in [-0.25, -0.2) is 0 Å². The number of hydrogen-bond donors (Lipinski definition) is 2. The summed E-state index contributed by atoms with van der Waals surface area (Å²) in [5.74, 6) is 0.929. The lowest BCUT2D eigenvalue weighted by atomic mass is 10.1. The molecule has 0 radical (unpaired) electrons. The number of rotatable bonds is 4. The maximum Gasteiger partial charge on any atom is 0.191 e. The summed E-state index contributed by atoms with van der Waals surface area (Å²) in [4.78, 5) is 6.91. The predicted octanol–water partition coefficient (Wildman–Crippen LogP) is 1.35. The predicted molar refractivity (Wildman–Crippen MR) is 88.9 cm³/mol. The Hall–Kier alpha value is -1.59. The molecular formula is C17H26N4O. The van der Waals surface area contributed by atoms with Gasteiger partial charge < -0.3 is 15.4 Å². The van der Waals surface area contributed by atoms with E-state index in [9.17, 15) is 0 Å². The van der Waals surface area contributed by atoms with Crippen LogP contribution in [0.15, 0.2) is 29.3 Å². The summed E-state index contributed by atoms with van der Waals surface area (Å²) >= 11 is 0. The number of nitrogens with zero attached hydrogens (tertiary/aromatic N) is 2. The summed E-state index contributed by atoms with van der Waals surface area (Å²) < 4.78 is 5.60. The molecule has 0 bridgehead atoms. The van der Waals surface area contributed by atoms with Gasteiger partial charge in [-0.3, -0.25) is 9.89 Å². The first-order valence-corrected chi connectivity index (χ1v) is 8.23. The van der Waals surface area contributed by atoms with E-state index in [1.807, 2.05) is 0 Å². The zero-order valence-electron chi connectivity index (χ0n) is 13.3. The molecule has 1 unspecified atom stereocenters. The lowest BCUT2D eigenvalue weighted by Crippen LogP contribution is -2.40. The first kappa shape index (κ1) is 15.3. The van der Waals surface area contributed by atoms with Crippen LogP contribution in [0.25, 0.3) is 0 Å². The second-order valence-corrected chi connectivity index (χ2v) is 6.10. The van der Waals surface area contributed by atoms with Crippen LogP contribution < -0.4 is 10.6 Å². The van der Waals surface area contributed by atoms with Crippen LogP contribution in [0.2, 0.25) is 0 Å². The quantitative estimate of drug-likeness (QED) is 0.881. The van der Waals surface area contributed by atoms with Crippen molar-refractivity contribution in [2.75, 3.05) is 32.8 Å². The van der Waals surface area contributed by atoms with Crippen molar-refractivity contribution >= 4 is 5.96 Å². The van der Waals surface area contributed by atoms with Crippen LogP contribution in [0.3, 0.4) is 0 Å². The SMILES string of the molecule is CC1CN(Cc2cccc(CNC3=NCCCN3)c2)CCO1. The van der Waals surface area contributed by atoms with Crippen LogP contribution >= 0.6 is 0 Å². The molecule has 0 aliphatic carbocycles. The highest BCUT2D eigenvalue weighted by molar-refractivity contribution is 5.80. The summed E-state index contributed by atoms with van der Waals surface area (Å²) in [6, 6.07) is 8.81. The van der Waals surface area contributed by atoms with Gasteiger partial charge in [-0.1, -0.05) is 24.3 Å². The average Bonchev–Trinajstić information content (AvgIpc) is 2.54. The standard InChI is InChI=1S/C17H26N4O/c1-14-12-21(8-9-22-14)13-16-5-2-4-15(10-16)11-20-17-18-6-3-7-19-17/h2,4-5,10,14H,3,6-9,11-13H2,1H3,(H2,18,19,20). The van der Waals surface area contributed by atoms with Crippen LogP contribution in [0.4, 0.5) is 0 Å². The van der Waals surface area contributed by atoms with E-state index < -0.39 is 0 Å². The average molecular weight is 302 g/mol. The van der Waals surface area contributed by atoms with Gasteiger partial charge >= 0.3 is 0 Å². The maximum atomic E-state index is 5.60. The maximum absolute atomic E-state index is 5.60. The number of benzene rings is 1. The summed E-state index contributed by atoms with van der Waals surface area (Å²) in [6.45, 7) is 8.78. The number of ether oxygens (including phenoxy) is 1. The van der Waals surface area contributed by atoms with Crippen molar-refractivity contribution in [2.24, 2.45) is 4.99 Å². The lowest BCUT2D eigenvalue weighted by Gasteiger charge is -2.31. The van der Waals surface area contributed by atoms with E-state index in [0.717, 1.165) is 58.3 Å². The van der Waals surface area contributed by atoms with Gasteiger partial charge in [0.25, 0.3) is 0 Å². The third-order valence-electron chi connectivity index (χ3n) is 4.08. The van der Waals surface area contributed by atoms with E-state index in [1.165, 1.54) is 11.1 Å². The molecule has 1 fully saturated rings. The Balaban J connectivity index is 1.54. The molecule has 22 heavy (non-hydrogen) atoms. The number of guanidine groups is 1. The molecule has 5 nitrogen and oxygen atoms in total. The normalized spacial score (nSPS) is 22.8. The third-order valence-corrected chi connectivity index (χ3v) is 4.08. The van der Waals surface area contributed by atoms with E-state index in [4.69, 9.17) is 4.74 Å². The molecule has 0 aromatic heterocycles. The minimum Gasteiger partial charge on any atom is -0.376 e. The van der Waals surface area contributed by atoms with Gasteiger partial charge in [0, 0.05) is 39.3 Å². The minimum absolute atomic E-state index is 0.342. The van der Waals surface area contributed by atoms with Crippen molar-refractivity contribution in [1.82, 2.24) is 15.5 Å². The summed E-state index contributed by atoms with van der Waals surface area (Å²) in [7, 11) is 0. The van der Waals surface area contributed by atoms with Gasteiger partial charge in [-0.2, -0.15) is 0 Å². The van der Waals surface area contributed by atoms with Crippen LogP contribution in [0, 0.1) is 0 Å². The van der Waals surface area contributed by atoms with Gasteiger partial charge in [0.1, 0.15) is 0 Å². The van der Waals surface area contributed by atoms with Crippen molar-refractivity contribution in [3.05, 3.63) is 35.4 Å². The highest BCUT2D eigenvalue weighted by atomic mass is 16.5. The van der Waals surface area contributed by atoms with E-state index in [2.05, 4.69) is 51.7 Å². The Bertz CT molecular complexity index is 517. The molecule has 2 N–H and O–H groups in total. The molecule has 2 heterocycles. The van der Waals surface area contributed by atoms with Crippen molar-refractivity contribution in [1.29, 1.82) is 0 Å². The van der Waals surface area contributed by atoms with Crippen LogP contribution in [0.5, 0.6) is 0 Å². The highest BCUT2D eigenvalue weighted by Gasteiger charge is 2.16. The number of nitrogens with one attached hydrogen (secondary N) is 2. The Morgan fingerprint density at radius 2 is 2.32 bits per heavy atom. The van der Waals surface area contributed by atoms with Crippen molar-refractivity contribution in [2.45, 2.75) is 32.5 Å². The lowest BCUT2D eigenvalue weighted by molar-refractivity contribution is -0.0212. The molecule has 1 aromatic rings. The molecule has 1 saturated heterocycles. The Morgan fingerprint density at radius 3 is 3.14 bits per heavy atom. The van der Waals surface area contributed by atoms with E-state index in [-0.39, 0.29) is 0 Å². The van der Waals surface area contributed by atoms with Gasteiger partial charge in [0.2, 0.25) is 0 Å². The van der Waals surface area contributed by atoms with Crippen molar-refractivity contribution in [3.63, 3.8) is 0 Å². The van der Waals surface area contributed by atoms with Crippen molar-refractivity contribution in [3.8, 4) is 0 Å². The van der Waals surface area contributed by atoms with Gasteiger partial charge in [0.15, 0.2) is 5.96 Å². The van der Waals surface area contributed by atoms with E-state index in [1.54, 1.807) is 0 Å². The fourth-order valence-electron chi connectivity index (χ4n) is 2.97. The molecule has 3 rings (SSSR count). The molecule has 1 atom stereocenters. The molecule has 120 valence electrons. The van der Waals surface area contributed by atoms with Crippen LogP contribution in [-0.4, -0.2) is 49.7 Å².